The highest BCUT2D eigenvalue weighted by Crippen LogP contribution is 2.39. The molecule has 1 fully saturated rings. The Bertz CT molecular complexity index is 379. The summed E-state index contributed by atoms with van der Waals surface area (Å²) in [6.45, 7) is 1.52. The molecule has 0 aromatic heterocycles. The van der Waals surface area contributed by atoms with Gasteiger partial charge in [0.05, 0.1) is 4.47 Å². The fraction of sp³-hybridized carbons (Fsp3) is 0.455. The van der Waals surface area contributed by atoms with Gasteiger partial charge in [-0.2, -0.15) is 0 Å². The monoisotopic (exact) mass is 291 g/mol. The van der Waals surface area contributed by atoms with Gasteiger partial charge in [-0.15, -0.1) is 0 Å². The fourth-order valence-electron chi connectivity index (χ4n) is 2.09. The van der Waals surface area contributed by atoms with E-state index in [1.54, 1.807) is 0 Å². The van der Waals surface area contributed by atoms with Crippen LogP contribution in [0.15, 0.2) is 10.5 Å². The quantitative estimate of drug-likeness (QED) is 0.780. The summed E-state index contributed by atoms with van der Waals surface area (Å²) in [5.41, 5.74) is 0.105. The summed E-state index contributed by atoms with van der Waals surface area (Å²) in [5, 5.41) is 12.9. The Hall–Kier alpha value is -0.680. The molecule has 2 nitrogen and oxygen atoms in total. The Morgan fingerprint density at radius 3 is 2.56 bits per heavy atom. The smallest absolute Gasteiger partial charge is 0.166 e. The summed E-state index contributed by atoms with van der Waals surface area (Å²) in [5.74, 6) is -2.13. The third-order valence-electron chi connectivity index (χ3n) is 2.93. The van der Waals surface area contributed by atoms with Crippen molar-refractivity contribution in [1.29, 1.82) is 0 Å². The molecule has 2 rings (SSSR count). The minimum absolute atomic E-state index is 0.105. The van der Waals surface area contributed by atoms with Gasteiger partial charge in [0.2, 0.25) is 0 Å². The van der Waals surface area contributed by atoms with E-state index in [-0.39, 0.29) is 21.7 Å². The lowest BCUT2D eigenvalue weighted by Crippen LogP contribution is -2.27. The average Bonchev–Trinajstić information content (AvgIpc) is 2.28. The average molecular weight is 292 g/mol. The molecular formula is C11H12BrF2NO. The lowest BCUT2D eigenvalue weighted by molar-refractivity contribution is 0.394. The number of aromatic hydroxyl groups is 1. The van der Waals surface area contributed by atoms with E-state index in [4.69, 9.17) is 0 Å². The van der Waals surface area contributed by atoms with Crippen molar-refractivity contribution in [3.05, 3.63) is 27.7 Å². The molecular weight excluding hydrogens is 280 g/mol. The maximum atomic E-state index is 13.7. The van der Waals surface area contributed by atoms with Crippen molar-refractivity contribution in [1.82, 2.24) is 5.32 Å². The molecule has 1 heterocycles. The topological polar surface area (TPSA) is 32.3 Å². The van der Waals surface area contributed by atoms with Gasteiger partial charge in [0.1, 0.15) is 5.75 Å². The van der Waals surface area contributed by atoms with Crippen LogP contribution in [-0.2, 0) is 0 Å². The second-order valence-electron chi connectivity index (χ2n) is 3.94. The van der Waals surface area contributed by atoms with Crippen molar-refractivity contribution in [3.63, 3.8) is 0 Å². The van der Waals surface area contributed by atoms with Gasteiger partial charge in [0.25, 0.3) is 0 Å². The highest BCUT2D eigenvalue weighted by molar-refractivity contribution is 9.10. The minimum atomic E-state index is -0.924. The Labute approximate surface area is 101 Å². The first-order chi connectivity index (χ1) is 7.61. The van der Waals surface area contributed by atoms with Crippen LogP contribution in [0.4, 0.5) is 8.78 Å². The number of phenolic OH excluding ortho intramolecular Hbond substituents is 1. The van der Waals surface area contributed by atoms with E-state index in [0.29, 0.717) is 12.8 Å². The molecule has 0 aliphatic carbocycles. The lowest BCUT2D eigenvalue weighted by Gasteiger charge is -2.24. The van der Waals surface area contributed by atoms with E-state index < -0.39 is 11.6 Å². The van der Waals surface area contributed by atoms with E-state index in [1.165, 1.54) is 0 Å². The van der Waals surface area contributed by atoms with Crippen LogP contribution in [-0.4, -0.2) is 18.2 Å². The van der Waals surface area contributed by atoms with Gasteiger partial charge < -0.3 is 10.4 Å². The van der Waals surface area contributed by atoms with Crippen molar-refractivity contribution in [2.75, 3.05) is 13.1 Å². The van der Waals surface area contributed by atoms with Crippen molar-refractivity contribution >= 4 is 15.9 Å². The maximum absolute atomic E-state index is 13.7. The molecule has 0 unspecified atom stereocenters. The highest BCUT2D eigenvalue weighted by Gasteiger charge is 2.25. The van der Waals surface area contributed by atoms with Crippen LogP contribution in [0, 0.1) is 11.6 Å². The number of piperidine rings is 1. The SMILES string of the molecule is Oc1c(Br)cc(F)c(F)c1C1CCNCC1. The van der Waals surface area contributed by atoms with Gasteiger partial charge in [-0.05, 0) is 53.8 Å². The van der Waals surface area contributed by atoms with Crippen LogP contribution in [0.2, 0.25) is 0 Å². The van der Waals surface area contributed by atoms with Gasteiger partial charge in [0, 0.05) is 5.56 Å². The van der Waals surface area contributed by atoms with Crippen molar-refractivity contribution < 1.29 is 13.9 Å². The molecule has 0 saturated carbocycles. The molecule has 0 amide bonds. The van der Waals surface area contributed by atoms with Gasteiger partial charge >= 0.3 is 0 Å². The van der Waals surface area contributed by atoms with Crippen LogP contribution in [0.25, 0.3) is 0 Å². The number of hydrogen-bond donors (Lipinski definition) is 2. The first kappa shape index (κ1) is 11.8. The standard InChI is InChI=1S/C11H12BrF2NO/c12-7-5-8(13)10(14)9(11(7)16)6-1-3-15-4-2-6/h5-6,15-16H,1-4H2. The molecule has 0 atom stereocenters. The summed E-state index contributed by atoms with van der Waals surface area (Å²) < 4.78 is 27.1. The zero-order valence-electron chi connectivity index (χ0n) is 8.56. The zero-order valence-corrected chi connectivity index (χ0v) is 10.2. The molecule has 1 saturated heterocycles. The third kappa shape index (κ3) is 2.06. The molecule has 1 aromatic carbocycles. The molecule has 1 aromatic rings. The highest BCUT2D eigenvalue weighted by atomic mass is 79.9. The summed E-state index contributed by atoms with van der Waals surface area (Å²) in [4.78, 5) is 0. The summed E-state index contributed by atoms with van der Waals surface area (Å²) in [6, 6.07) is 0.954. The summed E-state index contributed by atoms with van der Waals surface area (Å²) in [6.07, 6.45) is 1.42. The van der Waals surface area contributed by atoms with E-state index in [1.807, 2.05) is 0 Å². The van der Waals surface area contributed by atoms with Gasteiger partial charge in [0.15, 0.2) is 11.6 Å². The first-order valence-electron chi connectivity index (χ1n) is 5.18. The predicted molar refractivity (Wildman–Crippen MR) is 60.6 cm³/mol. The zero-order chi connectivity index (χ0) is 11.7. The van der Waals surface area contributed by atoms with Crippen LogP contribution in [0.3, 0.4) is 0 Å². The molecule has 0 spiro atoms. The minimum Gasteiger partial charge on any atom is -0.506 e. The van der Waals surface area contributed by atoms with Gasteiger partial charge in [-0.25, -0.2) is 8.78 Å². The molecule has 0 radical (unpaired) electrons. The number of nitrogens with one attached hydrogen (secondary N) is 1. The van der Waals surface area contributed by atoms with Crippen molar-refractivity contribution in [2.45, 2.75) is 18.8 Å². The Morgan fingerprint density at radius 2 is 1.94 bits per heavy atom. The molecule has 88 valence electrons. The molecule has 1 aliphatic heterocycles. The van der Waals surface area contributed by atoms with E-state index in [9.17, 15) is 13.9 Å². The maximum Gasteiger partial charge on any atom is 0.166 e. The first-order valence-corrected chi connectivity index (χ1v) is 5.97. The molecule has 2 N–H and O–H groups in total. The van der Waals surface area contributed by atoms with E-state index in [2.05, 4.69) is 21.2 Å². The van der Waals surface area contributed by atoms with Crippen LogP contribution < -0.4 is 5.32 Å². The van der Waals surface area contributed by atoms with Crippen molar-refractivity contribution in [2.24, 2.45) is 0 Å². The van der Waals surface area contributed by atoms with Crippen LogP contribution in [0.1, 0.15) is 24.3 Å². The number of benzene rings is 1. The molecule has 5 heteroatoms. The molecule has 1 aliphatic rings. The van der Waals surface area contributed by atoms with E-state index in [0.717, 1.165) is 19.2 Å². The Kier molecular flexibility index (Phi) is 3.44. The van der Waals surface area contributed by atoms with Crippen LogP contribution in [0.5, 0.6) is 5.75 Å². The predicted octanol–water partition coefficient (Wildman–Crippen LogP) is 2.90. The van der Waals surface area contributed by atoms with Gasteiger partial charge in [-0.1, -0.05) is 0 Å². The van der Waals surface area contributed by atoms with Gasteiger partial charge in [-0.3, -0.25) is 0 Å². The Balaban J connectivity index is 2.45. The molecule has 16 heavy (non-hydrogen) atoms. The normalized spacial score (nSPS) is 17.7. The second kappa shape index (κ2) is 4.67. The summed E-state index contributed by atoms with van der Waals surface area (Å²) in [7, 11) is 0. The number of hydrogen-bond acceptors (Lipinski definition) is 2. The van der Waals surface area contributed by atoms with Crippen molar-refractivity contribution in [3.8, 4) is 5.75 Å². The van der Waals surface area contributed by atoms with E-state index >= 15 is 0 Å². The second-order valence-corrected chi connectivity index (χ2v) is 4.80. The van der Waals surface area contributed by atoms with Crippen LogP contribution >= 0.6 is 15.9 Å². The summed E-state index contributed by atoms with van der Waals surface area (Å²) >= 11 is 3.03. The molecule has 0 bridgehead atoms. The third-order valence-corrected chi connectivity index (χ3v) is 3.53. The largest absolute Gasteiger partial charge is 0.506 e. The number of phenols is 1. The number of rotatable bonds is 1. The lowest BCUT2D eigenvalue weighted by atomic mass is 9.89. The number of halogens is 3. The Morgan fingerprint density at radius 1 is 1.31 bits per heavy atom. The fourth-order valence-corrected chi connectivity index (χ4v) is 2.50.